The average Bonchev–Trinajstić information content (AvgIpc) is 2.54. The summed E-state index contributed by atoms with van der Waals surface area (Å²) in [5, 5.41) is 2.70. The van der Waals surface area contributed by atoms with Gasteiger partial charge in [0.05, 0.1) is 13.7 Å². The van der Waals surface area contributed by atoms with E-state index in [0.29, 0.717) is 30.2 Å². The fraction of sp³-hybridized carbons (Fsp3) is 0.250. The van der Waals surface area contributed by atoms with Crippen molar-refractivity contribution in [1.82, 2.24) is 9.88 Å². The maximum atomic E-state index is 11.9. The molecule has 6 nitrogen and oxygen atoms in total. The number of ether oxygens (including phenoxy) is 2. The molecular formula is C16H18N2O4. The van der Waals surface area contributed by atoms with Crippen molar-refractivity contribution >= 4 is 5.91 Å². The lowest BCUT2D eigenvalue weighted by Crippen LogP contribution is -2.29. The number of nitrogens with one attached hydrogen (secondary N) is 1. The molecule has 116 valence electrons. The number of carbonyl (C=O) groups is 1. The fourth-order valence-electron chi connectivity index (χ4n) is 1.82. The monoisotopic (exact) mass is 302 g/mol. The van der Waals surface area contributed by atoms with Crippen molar-refractivity contribution in [3.63, 3.8) is 0 Å². The zero-order valence-electron chi connectivity index (χ0n) is 12.5. The van der Waals surface area contributed by atoms with Gasteiger partial charge in [0, 0.05) is 30.9 Å². The molecule has 0 saturated carbocycles. The molecule has 1 aromatic heterocycles. The van der Waals surface area contributed by atoms with E-state index in [1.165, 1.54) is 10.6 Å². The molecule has 0 aliphatic heterocycles. The number of hydrogen-bond acceptors (Lipinski definition) is 4. The van der Waals surface area contributed by atoms with E-state index in [9.17, 15) is 9.59 Å². The smallest absolute Gasteiger partial charge is 0.251 e. The summed E-state index contributed by atoms with van der Waals surface area (Å²) in [7, 11) is 3.22. The van der Waals surface area contributed by atoms with E-state index in [1.807, 2.05) is 18.2 Å². The Morgan fingerprint density at radius 3 is 2.73 bits per heavy atom. The first kappa shape index (κ1) is 15.6. The molecule has 1 aromatic carbocycles. The lowest BCUT2D eigenvalue weighted by atomic mass is 10.2. The van der Waals surface area contributed by atoms with Gasteiger partial charge in [-0.2, -0.15) is 0 Å². The van der Waals surface area contributed by atoms with Crippen molar-refractivity contribution in [3.05, 3.63) is 58.5 Å². The van der Waals surface area contributed by atoms with Crippen molar-refractivity contribution < 1.29 is 14.3 Å². The van der Waals surface area contributed by atoms with Crippen LogP contribution in [0.4, 0.5) is 0 Å². The summed E-state index contributed by atoms with van der Waals surface area (Å²) in [6, 6.07) is 10.1. The van der Waals surface area contributed by atoms with Gasteiger partial charge in [-0.1, -0.05) is 6.07 Å². The van der Waals surface area contributed by atoms with Crippen molar-refractivity contribution in [2.45, 2.75) is 0 Å². The number of aromatic nitrogens is 1. The molecule has 0 aliphatic carbocycles. The van der Waals surface area contributed by atoms with Crippen LogP contribution >= 0.6 is 0 Å². The van der Waals surface area contributed by atoms with Gasteiger partial charge in [-0.3, -0.25) is 9.59 Å². The largest absolute Gasteiger partial charge is 0.497 e. The van der Waals surface area contributed by atoms with Gasteiger partial charge in [0.25, 0.3) is 11.5 Å². The maximum Gasteiger partial charge on any atom is 0.251 e. The summed E-state index contributed by atoms with van der Waals surface area (Å²) in [6.07, 6.45) is 1.56. The van der Waals surface area contributed by atoms with Crippen LogP contribution in [0.2, 0.25) is 0 Å². The predicted octanol–water partition coefficient (Wildman–Crippen LogP) is 1.20. The van der Waals surface area contributed by atoms with E-state index < -0.39 is 0 Å². The van der Waals surface area contributed by atoms with Gasteiger partial charge in [0.2, 0.25) is 0 Å². The van der Waals surface area contributed by atoms with Gasteiger partial charge in [-0.05, 0) is 18.2 Å². The molecule has 1 amide bonds. The zero-order chi connectivity index (χ0) is 15.9. The highest BCUT2D eigenvalue weighted by Gasteiger charge is 2.06. The second-order valence-corrected chi connectivity index (χ2v) is 4.65. The zero-order valence-corrected chi connectivity index (χ0v) is 12.5. The van der Waals surface area contributed by atoms with Crippen LogP contribution in [-0.2, 0) is 7.05 Å². The normalized spacial score (nSPS) is 10.1. The Kier molecular flexibility index (Phi) is 5.19. The Labute approximate surface area is 128 Å². The van der Waals surface area contributed by atoms with Crippen LogP contribution in [0.25, 0.3) is 0 Å². The molecule has 6 heteroatoms. The first-order chi connectivity index (χ1) is 10.6. The molecule has 0 aliphatic rings. The Hall–Kier alpha value is -2.76. The maximum absolute atomic E-state index is 11.9. The summed E-state index contributed by atoms with van der Waals surface area (Å²) < 4.78 is 12.0. The predicted molar refractivity (Wildman–Crippen MR) is 82.5 cm³/mol. The van der Waals surface area contributed by atoms with E-state index >= 15 is 0 Å². The first-order valence-electron chi connectivity index (χ1n) is 6.82. The quantitative estimate of drug-likeness (QED) is 0.814. The highest BCUT2D eigenvalue weighted by Crippen LogP contribution is 2.18. The molecule has 1 N–H and O–H groups in total. The number of hydrogen-bond donors (Lipinski definition) is 1. The number of nitrogens with zero attached hydrogens (tertiary/aromatic N) is 1. The van der Waals surface area contributed by atoms with Crippen LogP contribution in [0.3, 0.4) is 0 Å². The van der Waals surface area contributed by atoms with Crippen molar-refractivity contribution in [2.75, 3.05) is 20.3 Å². The van der Waals surface area contributed by atoms with Crippen LogP contribution in [0.1, 0.15) is 10.4 Å². The molecular weight excluding hydrogens is 284 g/mol. The van der Waals surface area contributed by atoms with Crippen LogP contribution in [0.15, 0.2) is 47.4 Å². The van der Waals surface area contributed by atoms with E-state index in [4.69, 9.17) is 9.47 Å². The number of carbonyl (C=O) groups excluding carboxylic acids is 1. The molecule has 0 unspecified atom stereocenters. The minimum absolute atomic E-state index is 0.222. The van der Waals surface area contributed by atoms with Gasteiger partial charge in [-0.25, -0.2) is 0 Å². The molecule has 0 fully saturated rings. The number of amides is 1. The molecule has 0 atom stereocenters. The summed E-state index contributed by atoms with van der Waals surface area (Å²) in [5.74, 6) is 1.08. The molecule has 2 aromatic rings. The van der Waals surface area contributed by atoms with E-state index in [0.717, 1.165) is 0 Å². The minimum Gasteiger partial charge on any atom is -0.497 e. The highest BCUT2D eigenvalue weighted by atomic mass is 16.5. The number of rotatable bonds is 6. The number of methoxy groups -OCH3 is 1. The van der Waals surface area contributed by atoms with Crippen LogP contribution in [-0.4, -0.2) is 30.7 Å². The molecule has 2 rings (SSSR count). The third kappa shape index (κ3) is 4.12. The van der Waals surface area contributed by atoms with Gasteiger partial charge < -0.3 is 19.4 Å². The second kappa shape index (κ2) is 7.31. The lowest BCUT2D eigenvalue weighted by molar-refractivity contribution is 0.0946. The number of aryl methyl sites for hydroxylation is 1. The number of benzene rings is 1. The third-order valence-corrected chi connectivity index (χ3v) is 3.06. The summed E-state index contributed by atoms with van der Waals surface area (Å²) in [4.78, 5) is 23.4. The molecule has 1 heterocycles. The number of pyridine rings is 1. The van der Waals surface area contributed by atoms with Crippen molar-refractivity contribution in [3.8, 4) is 11.5 Å². The van der Waals surface area contributed by atoms with Crippen molar-refractivity contribution in [1.29, 1.82) is 0 Å². The summed E-state index contributed by atoms with van der Waals surface area (Å²) >= 11 is 0. The molecule has 0 bridgehead atoms. The van der Waals surface area contributed by atoms with Crippen LogP contribution < -0.4 is 20.3 Å². The SMILES string of the molecule is COc1cccc(OCCNC(=O)c2ccn(C)c(=O)c2)c1. The summed E-state index contributed by atoms with van der Waals surface area (Å²) in [5.41, 5.74) is 0.116. The van der Waals surface area contributed by atoms with E-state index in [-0.39, 0.29) is 11.5 Å². The molecule has 0 spiro atoms. The standard InChI is InChI=1S/C16H18N2O4/c1-18-8-6-12(10-15(18)19)16(20)17-7-9-22-14-5-3-4-13(11-14)21-2/h3-6,8,10-11H,7,9H2,1-2H3,(H,17,20). The van der Waals surface area contributed by atoms with E-state index in [1.54, 1.807) is 32.5 Å². The molecule has 0 radical (unpaired) electrons. The minimum atomic E-state index is -0.299. The van der Waals surface area contributed by atoms with E-state index in [2.05, 4.69) is 5.32 Å². The van der Waals surface area contributed by atoms with Gasteiger partial charge >= 0.3 is 0 Å². The Morgan fingerprint density at radius 1 is 1.23 bits per heavy atom. The van der Waals surface area contributed by atoms with Crippen molar-refractivity contribution in [2.24, 2.45) is 7.05 Å². The molecule has 22 heavy (non-hydrogen) atoms. The Balaban J connectivity index is 1.81. The fourth-order valence-corrected chi connectivity index (χ4v) is 1.82. The molecule has 0 saturated heterocycles. The third-order valence-electron chi connectivity index (χ3n) is 3.06. The van der Waals surface area contributed by atoms with Gasteiger partial charge in [-0.15, -0.1) is 0 Å². The van der Waals surface area contributed by atoms with Crippen LogP contribution in [0.5, 0.6) is 11.5 Å². The summed E-state index contributed by atoms with van der Waals surface area (Å²) in [6.45, 7) is 0.662. The highest BCUT2D eigenvalue weighted by molar-refractivity contribution is 5.93. The first-order valence-corrected chi connectivity index (χ1v) is 6.82. The average molecular weight is 302 g/mol. The van der Waals surface area contributed by atoms with Crippen LogP contribution in [0, 0.1) is 0 Å². The lowest BCUT2D eigenvalue weighted by Gasteiger charge is -2.09. The second-order valence-electron chi connectivity index (χ2n) is 4.65. The topological polar surface area (TPSA) is 69.6 Å². The Morgan fingerprint density at radius 2 is 2.00 bits per heavy atom. The van der Waals surface area contributed by atoms with Gasteiger partial charge in [0.15, 0.2) is 0 Å². The Bertz CT molecular complexity index is 709. The van der Waals surface area contributed by atoms with Gasteiger partial charge in [0.1, 0.15) is 18.1 Å².